The van der Waals surface area contributed by atoms with E-state index in [1.807, 2.05) is 56.7 Å². The largest absolute Gasteiger partial charge is 0.348 e. The Morgan fingerprint density at radius 1 is 1.37 bits per heavy atom. The molecule has 1 unspecified atom stereocenters. The van der Waals surface area contributed by atoms with Gasteiger partial charge in [-0.2, -0.15) is 10.2 Å². The van der Waals surface area contributed by atoms with Crippen LogP contribution in [0.4, 0.5) is 0 Å². The summed E-state index contributed by atoms with van der Waals surface area (Å²) in [5, 5.41) is 14.5. The van der Waals surface area contributed by atoms with Crippen molar-refractivity contribution in [3.8, 4) is 10.6 Å². The average Bonchev–Trinajstić information content (AvgIpc) is 3.37. The molecule has 0 aliphatic heterocycles. The molecule has 0 bridgehead atoms. The first-order valence-corrected chi connectivity index (χ1v) is 9.57. The quantitative estimate of drug-likeness (QED) is 0.577. The monoisotopic (exact) mass is 380 g/mol. The predicted octanol–water partition coefficient (Wildman–Crippen LogP) is 3.02. The van der Waals surface area contributed by atoms with Crippen molar-refractivity contribution in [2.75, 3.05) is 0 Å². The van der Waals surface area contributed by atoms with Crippen LogP contribution in [-0.4, -0.2) is 36.5 Å². The number of aromatic nitrogens is 5. The highest BCUT2D eigenvalue weighted by Crippen LogP contribution is 2.29. The molecule has 138 valence electrons. The molecule has 0 saturated carbocycles. The molecule has 27 heavy (non-hydrogen) atoms. The average molecular weight is 380 g/mol. The zero-order valence-electron chi connectivity index (χ0n) is 15.4. The van der Waals surface area contributed by atoms with E-state index in [1.54, 1.807) is 26.9 Å². The van der Waals surface area contributed by atoms with Gasteiger partial charge in [0, 0.05) is 25.5 Å². The maximum Gasteiger partial charge on any atom is 0.252 e. The van der Waals surface area contributed by atoms with Crippen LogP contribution in [0.15, 0.2) is 42.0 Å². The summed E-state index contributed by atoms with van der Waals surface area (Å²) in [6, 6.07) is 7.64. The third-order valence-electron chi connectivity index (χ3n) is 4.38. The number of fused-ring (bicyclic) bond motifs is 1. The molecule has 4 heterocycles. The zero-order chi connectivity index (χ0) is 19.0. The molecule has 1 N–H and O–H groups in total. The first-order chi connectivity index (χ1) is 13.0. The van der Waals surface area contributed by atoms with E-state index in [2.05, 4.69) is 15.5 Å². The maximum atomic E-state index is 13.1. The summed E-state index contributed by atoms with van der Waals surface area (Å²) in [6.45, 7) is 4.48. The van der Waals surface area contributed by atoms with Crippen molar-refractivity contribution in [3.05, 3.63) is 53.3 Å². The first kappa shape index (κ1) is 17.4. The number of rotatable bonds is 5. The van der Waals surface area contributed by atoms with E-state index in [-0.39, 0.29) is 11.9 Å². The normalized spacial score (nSPS) is 12.4. The van der Waals surface area contributed by atoms with Gasteiger partial charge < -0.3 is 5.32 Å². The minimum atomic E-state index is -0.129. The lowest BCUT2D eigenvalue weighted by atomic mass is 10.1. The lowest BCUT2D eigenvalue weighted by molar-refractivity contribution is 0.0937. The van der Waals surface area contributed by atoms with Crippen molar-refractivity contribution < 1.29 is 4.79 Å². The van der Waals surface area contributed by atoms with Gasteiger partial charge in [-0.25, -0.2) is 4.98 Å². The Hall–Kier alpha value is -3.00. The van der Waals surface area contributed by atoms with E-state index in [0.29, 0.717) is 17.8 Å². The summed E-state index contributed by atoms with van der Waals surface area (Å²) in [4.78, 5) is 18.8. The van der Waals surface area contributed by atoms with Crippen molar-refractivity contribution in [2.45, 2.75) is 26.4 Å². The van der Waals surface area contributed by atoms with Gasteiger partial charge in [-0.3, -0.25) is 14.2 Å². The van der Waals surface area contributed by atoms with Crippen LogP contribution in [0.3, 0.4) is 0 Å². The molecule has 0 aliphatic rings. The van der Waals surface area contributed by atoms with Crippen LogP contribution >= 0.6 is 11.3 Å². The number of aryl methyl sites for hydroxylation is 2. The summed E-state index contributed by atoms with van der Waals surface area (Å²) in [6.07, 6.45) is 3.61. The summed E-state index contributed by atoms with van der Waals surface area (Å²) < 4.78 is 3.53. The molecule has 7 nitrogen and oxygen atoms in total. The number of amides is 1. The maximum absolute atomic E-state index is 13.1. The Morgan fingerprint density at radius 3 is 2.93 bits per heavy atom. The molecule has 0 fully saturated rings. The van der Waals surface area contributed by atoms with E-state index in [4.69, 9.17) is 4.98 Å². The summed E-state index contributed by atoms with van der Waals surface area (Å²) >= 11 is 1.60. The first-order valence-electron chi connectivity index (χ1n) is 8.69. The van der Waals surface area contributed by atoms with Crippen molar-refractivity contribution in [2.24, 2.45) is 7.05 Å². The summed E-state index contributed by atoms with van der Waals surface area (Å²) in [5.74, 6) is -0.129. The van der Waals surface area contributed by atoms with Gasteiger partial charge in [-0.05, 0) is 37.4 Å². The Morgan fingerprint density at radius 2 is 2.22 bits per heavy atom. The van der Waals surface area contributed by atoms with Crippen LogP contribution in [0, 0.1) is 6.92 Å². The van der Waals surface area contributed by atoms with Crippen molar-refractivity contribution in [3.63, 3.8) is 0 Å². The summed E-state index contributed by atoms with van der Waals surface area (Å²) in [7, 11) is 1.85. The van der Waals surface area contributed by atoms with Gasteiger partial charge in [-0.1, -0.05) is 6.07 Å². The molecule has 0 spiro atoms. The van der Waals surface area contributed by atoms with E-state index < -0.39 is 0 Å². The number of hydrogen-bond acceptors (Lipinski definition) is 5. The van der Waals surface area contributed by atoms with Gasteiger partial charge in [0.1, 0.15) is 0 Å². The number of thiophene rings is 1. The molecular weight excluding hydrogens is 360 g/mol. The van der Waals surface area contributed by atoms with Crippen molar-refractivity contribution >= 4 is 28.3 Å². The van der Waals surface area contributed by atoms with Crippen LogP contribution in [-0.2, 0) is 13.6 Å². The van der Waals surface area contributed by atoms with Crippen LogP contribution in [0.5, 0.6) is 0 Å². The van der Waals surface area contributed by atoms with Crippen LogP contribution in [0.1, 0.15) is 23.0 Å². The molecule has 0 aromatic carbocycles. The molecule has 1 amide bonds. The molecule has 4 aromatic heterocycles. The smallest absolute Gasteiger partial charge is 0.252 e. The SMILES string of the molecule is Cc1nn(C)c2nc(-c3cccs3)cc(C(=O)NC(C)Cn3cccn3)c12. The van der Waals surface area contributed by atoms with Gasteiger partial charge in [0.05, 0.1) is 33.8 Å². The van der Waals surface area contributed by atoms with Gasteiger partial charge >= 0.3 is 0 Å². The third kappa shape index (κ3) is 3.35. The molecular formula is C19H20N6OS. The summed E-state index contributed by atoms with van der Waals surface area (Å²) in [5.41, 5.74) is 2.89. The Balaban J connectivity index is 1.71. The van der Waals surface area contributed by atoms with Crippen LogP contribution in [0.2, 0.25) is 0 Å². The van der Waals surface area contributed by atoms with Crippen LogP contribution < -0.4 is 5.32 Å². The lowest BCUT2D eigenvalue weighted by Gasteiger charge is -2.15. The molecule has 4 aromatic rings. The molecule has 0 radical (unpaired) electrons. The number of nitrogens with zero attached hydrogens (tertiary/aromatic N) is 5. The number of pyridine rings is 1. The van der Waals surface area contributed by atoms with Gasteiger partial charge in [0.2, 0.25) is 0 Å². The number of carbonyl (C=O) groups excluding carboxylic acids is 1. The fraction of sp³-hybridized carbons (Fsp3) is 0.263. The lowest BCUT2D eigenvalue weighted by Crippen LogP contribution is -2.36. The number of hydrogen-bond donors (Lipinski definition) is 1. The topological polar surface area (TPSA) is 77.6 Å². The second-order valence-electron chi connectivity index (χ2n) is 6.54. The third-order valence-corrected chi connectivity index (χ3v) is 5.28. The van der Waals surface area contributed by atoms with Crippen molar-refractivity contribution in [1.82, 2.24) is 29.9 Å². The number of nitrogens with one attached hydrogen (secondary N) is 1. The molecule has 4 rings (SSSR count). The highest BCUT2D eigenvalue weighted by Gasteiger charge is 2.20. The van der Waals surface area contributed by atoms with E-state index in [9.17, 15) is 4.79 Å². The molecule has 1 atom stereocenters. The van der Waals surface area contributed by atoms with Crippen molar-refractivity contribution in [1.29, 1.82) is 0 Å². The Kier molecular flexibility index (Phi) is 4.49. The second kappa shape index (κ2) is 6.96. The Labute approximate surface area is 160 Å². The molecule has 0 saturated heterocycles. The fourth-order valence-electron chi connectivity index (χ4n) is 3.21. The van der Waals surface area contributed by atoms with E-state index >= 15 is 0 Å². The Bertz CT molecular complexity index is 1080. The minimum Gasteiger partial charge on any atom is -0.348 e. The highest BCUT2D eigenvalue weighted by atomic mass is 32.1. The minimum absolute atomic E-state index is 0.0669. The second-order valence-corrected chi connectivity index (χ2v) is 7.49. The molecule has 8 heteroatoms. The van der Waals surface area contributed by atoms with E-state index in [1.165, 1.54) is 0 Å². The standard InChI is InChI=1S/C19H20N6OS/c1-12(11-25-8-5-7-20-25)21-19(26)14-10-15(16-6-4-9-27-16)22-18-17(14)13(2)23-24(18)3/h4-10,12H,11H2,1-3H3,(H,21,26). The molecule has 0 aliphatic carbocycles. The predicted molar refractivity (Wildman–Crippen MR) is 106 cm³/mol. The van der Waals surface area contributed by atoms with Gasteiger partial charge in [-0.15, -0.1) is 11.3 Å². The van der Waals surface area contributed by atoms with E-state index in [0.717, 1.165) is 21.7 Å². The fourth-order valence-corrected chi connectivity index (χ4v) is 3.90. The number of carbonyl (C=O) groups is 1. The highest BCUT2D eigenvalue weighted by molar-refractivity contribution is 7.13. The van der Waals surface area contributed by atoms with Gasteiger partial charge in [0.25, 0.3) is 5.91 Å². The van der Waals surface area contributed by atoms with Crippen LogP contribution in [0.25, 0.3) is 21.6 Å². The van der Waals surface area contributed by atoms with Gasteiger partial charge in [0.15, 0.2) is 5.65 Å². The zero-order valence-corrected chi connectivity index (χ0v) is 16.2.